The Morgan fingerprint density at radius 1 is 1.37 bits per heavy atom. The third kappa shape index (κ3) is 3.03. The molecule has 1 aromatic rings. The van der Waals surface area contributed by atoms with Gasteiger partial charge in [0.1, 0.15) is 4.90 Å². The molecule has 19 heavy (non-hydrogen) atoms. The summed E-state index contributed by atoms with van der Waals surface area (Å²) in [6.45, 7) is 2.67. The number of hydrogen-bond acceptors (Lipinski definition) is 3. The molecular formula is C11H14Cl2FNO3S. The molecule has 0 spiro atoms. The van der Waals surface area contributed by atoms with E-state index in [1.54, 1.807) is 0 Å². The van der Waals surface area contributed by atoms with Gasteiger partial charge in [0, 0.05) is 7.05 Å². The summed E-state index contributed by atoms with van der Waals surface area (Å²) in [5, 5.41) is 8.39. The van der Waals surface area contributed by atoms with Crippen molar-refractivity contribution in [3.63, 3.8) is 0 Å². The average Bonchev–Trinajstić information content (AvgIpc) is 2.34. The first kappa shape index (κ1) is 16.7. The number of likely N-dealkylation sites (N-methyl/N-ethyl adjacent to an activating group) is 1. The SMILES string of the molecule is CN(C(C)(C)CO)S(=O)(=O)c1ccc(Cl)c(F)c1Cl. The van der Waals surface area contributed by atoms with E-state index in [2.05, 4.69) is 0 Å². The zero-order valence-electron chi connectivity index (χ0n) is 10.6. The molecule has 0 fully saturated rings. The van der Waals surface area contributed by atoms with Gasteiger partial charge in [0.05, 0.1) is 22.2 Å². The minimum Gasteiger partial charge on any atom is -0.394 e. The van der Waals surface area contributed by atoms with Crippen LogP contribution in [-0.2, 0) is 10.0 Å². The Hall–Kier alpha value is -0.400. The van der Waals surface area contributed by atoms with Crippen molar-refractivity contribution in [1.29, 1.82) is 0 Å². The highest BCUT2D eigenvalue weighted by molar-refractivity contribution is 7.89. The minimum atomic E-state index is -4.04. The lowest BCUT2D eigenvalue weighted by atomic mass is 10.1. The van der Waals surface area contributed by atoms with Crippen LogP contribution in [0.3, 0.4) is 0 Å². The normalized spacial score (nSPS) is 13.1. The molecule has 0 aliphatic rings. The van der Waals surface area contributed by atoms with E-state index in [0.717, 1.165) is 16.4 Å². The van der Waals surface area contributed by atoms with Gasteiger partial charge in [-0.25, -0.2) is 12.8 Å². The summed E-state index contributed by atoms with van der Waals surface area (Å²) in [5.41, 5.74) is -1.04. The number of rotatable bonds is 4. The summed E-state index contributed by atoms with van der Waals surface area (Å²) in [6, 6.07) is 2.25. The number of sulfonamides is 1. The van der Waals surface area contributed by atoms with Crippen LogP contribution >= 0.6 is 23.2 Å². The highest BCUT2D eigenvalue weighted by Gasteiger charge is 2.35. The van der Waals surface area contributed by atoms with Crippen LogP contribution in [-0.4, -0.2) is 37.0 Å². The third-order valence-electron chi connectivity index (χ3n) is 2.88. The van der Waals surface area contributed by atoms with E-state index >= 15 is 0 Å². The van der Waals surface area contributed by atoms with Crippen LogP contribution < -0.4 is 0 Å². The standard InChI is InChI=1S/C11H14Cl2FNO3S/c1-11(2,6-16)15(3)19(17,18)8-5-4-7(12)10(14)9(8)13/h4-5,16H,6H2,1-3H3. The Kier molecular flexibility index (Phi) is 4.85. The number of aliphatic hydroxyl groups excluding tert-OH is 1. The van der Waals surface area contributed by atoms with E-state index in [0.29, 0.717) is 0 Å². The largest absolute Gasteiger partial charge is 0.394 e. The van der Waals surface area contributed by atoms with Gasteiger partial charge >= 0.3 is 0 Å². The molecule has 0 atom stereocenters. The van der Waals surface area contributed by atoms with Crippen molar-refractivity contribution in [3.05, 3.63) is 28.0 Å². The molecule has 8 heteroatoms. The Morgan fingerprint density at radius 2 is 1.89 bits per heavy atom. The lowest BCUT2D eigenvalue weighted by molar-refractivity contribution is 0.138. The summed E-state index contributed by atoms with van der Waals surface area (Å²) in [5.74, 6) is -0.986. The van der Waals surface area contributed by atoms with Gasteiger partial charge in [-0.2, -0.15) is 4.31 Å². The van der Waals surface area contributed by atoms with E-state index in [4.69, 9.17) is 23.2 Å². The predicted molar refractivity (Wildman–Crippen MR) is 72.5 cm³/mol. The lowest BCUT2D eigenvalue weighted by Crippen LogP contribution is -2.47. The van der Waals surface area contributed by atoms with Gasteiger partial charge in [-0.3, -0.25) is 0 Å². The van der Waals surface area contributed by atoms with Gasteiger partial charge in [0.15, 0.2) is 5.82 Å². The molecule has 0 amide bonds. The fourth-order valence-corrected chi connectivity index (χ4v) is 3.50. The molecule has 0 saturated heterocycles. The van der Waals surface area contributed by atoms with Crippen LogP contribution in [0, 0.1) is 5.82 Å². The minimum absolute atomic E-state index is 0.256. The maximum absolute atomic E-state index is 13.6. The van der Waals surface area contributed by atoms with Gasteiger partial charge in [-0.1, -0.05) is 23.2 Å². The fraction of sp³-hybridized carbons (Fsp3) is 0.455. The molecule has 0 unspecified atom stereocenters. The fourth-order valence-electron chi connectivity index (χ4n) is 1.28. The van der Waals surface area contributed by atoms with Crippen LogP contribution in [0.2, 0.25) is 10.0 Å². The van der Waals surface area contributed by atoms with E-state index in [9.17, 15) is 17.9 Å². The second-order valence-corrected chi connectivity index (χ2v) is 7.34. The highest BCUT2D eigenvalue weighted by atomic mass is 35.5. The molecule has 0 heterocycles. The molecule has 1 aromatic carbocycles. The third-order valence-corrected chi connectivity index (χ3v) is 5.76. The van der Waals surface area contributed by atoms with Gasteiger partial charge < -0.3 is 5.11 Å². The summed E-state index contributed by atoms with van der Waals surface area (Å²) in [4.78, 5) is -0.389. The van der Waals surface area contributed by atoms with Crippen molar-refractivity contribution >= 4 is 33.2 Å². The Balaban J connectivity index is 3.41. The van der Waals surface area contributed by atoms with Crippen LogP contribution in [0.15, 0.2) is 17.0 Å². The predicted octanol–water partition coefficient (Wildman–Crippen LogP) is 2.52. The lowest BCUT2D eigenvalue weighted by Gasteiger charge is -2.33. The van der Waals surface area contributed by atoms with Crippen molar-refractivity contribution in [3.8, 4) is 0 Å². The van der Waals surface area contributed by atoms with E-state index < -0.39 is 33.0 Å². The number of hydrogen-bond donors (Lipinski definition) is 1. The summed E-state index contributed by atoms with van der Waals surface area (Å²) >= 11 is 11.2. The van der Waals surface area contributed by atoms with Crippen molar-refractivity contribution in [2.45, 2.75) is 24.3 Å². The highest BCUT2D eigenvalue weighted by Crippen LogP contribution is 2.32. The Labute approximate surface area is 121 Å². The molecule has 1 rings (SSSR count). The first-order valence-electron chi connectivity index (χ1n) is 5.29. The number of nitrogens with zero attached hydrogens (tertiary/aromatic N) is 1. The second-order valence-electron chi connectivity index (χ2n) is 4.62. The van der Waals surface area contributed by atoms with E-state index in [1.165, 1.54) is 20.9 Å². The number of benzene rings is 1. The van der Waals surface area contributed by atoms with Gasteiger partial charge in [0.2, 0.25) is 10.0 Å². The maximum atomic E-state index is 13.6. The molecule has 0 aliphatic carbocycles. The van der Waals surface area contributed by atoms with Crippen molar-refractivity contribution < 1.29 is 17.9 Å². The summed E-state index contributed by atoms with van der Waals surface area (Å²) in [7, 11) is -2.75. The zero-order chi connectivity index (χ0) is 15.0. The number of halogens is 3. The Bertz CT molecular complexity index is 590. The van der Waals surface area contributed by atoms with Crippen LogP contribution in [0.4, 0.5) is 4.39 Å². The van der Waals surface area contributed by atoms with Crippen molar-refractivity contribution in [2.24, 2.45) is 0 Å². The van der Waals surface area contributed by atoms with Gasteiger partial charge in [0.25, 0.3) is 0 Å². The van der Waals surface area contributed by atoms with Crippen molar-refractivity contribution in [1.82, 2.24) is 4.31 Å². The van der Waals surface area contributed by atoms with E-state index in [-0.39, 0.29) is 9.92 Å². The topological polar surface area (TPSA) is 57.6 Å². The first-order chi connectivity index (χ1) is 8.55. The number of aliphatic hydroxyl groups is 1. The molecule has 4 nitrogen and oxygen atoms in total. The molecule has 0 aromatic heterocycles. The molecular weight excluding hydrogens is 316 g/mol. The van der Waals surface area contributed by atoms with Gasteiger partial charge in [-0.15, -0.1) is 0 Å². The van der Waals surface area contributed by atoms with Gasteiger partial charge in [-0.05, 0) is 26.0 Å². The summed E-state index contributed by atoms with van der Waals surface area (Å²) < 4.78 is 39.2. The van der Waals surface area contributed by atoms with E-state index in [1.807, 2.05) is 0 Å². The monoisotopic (exact) mass is 329 g/mol. The quantitative estimate of drug-likeness (QED) is 0.863. The summed E-state index contributed by atoms with van der Waals surface area (Å²) in [6.07, 6.45) is 0. The molecule has 0 saturated carbocycles. The van der Waals surface area contributed by atoms with Crippen molar-refractivity contribution in [2.75, 3.05) is 13.7 Å². The van der Waals surface area contributed by atoms with Crippen LogP contribution in [0.1, 0.15) is 13.8 Å². The molecule has 1 N–H and O–H groups in total. The molecule has 108 valence electrons. The second kappa shape index (κ2) is 5.54. The maximum Gasteiger partial charge on any atom is 0.244 e. The van der Waals surface area contributed by atoms with Crippen LogP contribution in [0.25, 0.3) is 0 Å². The molecule has 0 bridgehead atoms. The Morgan fingerprint density at radius 3 is 2.37 bits per heavy atom. The zero-order valence-corrected chi connectivity index (χ0v) is 12.9. The smallest absolute Gasteiger partial charge is 0.244 e. The molecule has 0 radical (unpaired) electrons. The first-order valence-corrected chi connectivity index (χ1v) is 7.48. The molecule has 0 aliphatic heterocycles. The van der Waals surface area contributed by atoms with Crippen LogP contribution in [0.5, 0.6) is 0 Å². The average molecular weight is 330 g/mol.